The highest BCUT2D eigenvalue weighted by Crippen LogP contribution is 2.42. The van der Waals surface area contributed by atoms with Crippen LogP contribution in [0.15, 0.2) is 194 Å². The summed E-state index contributed by atoms with van der Waals surface area (Å²) in [5.41, 5.74) is 9.61. The molecular formula is C52H32N2S. The average Bonchev–Trinajstić information content (AvgIpc) is 3.64. The first-order valence-corrected chi connectivity index (χ1v) is 19.5. The lowest BCUT2D eigenvalue weighted by atomic mass is 9.92. The molecule has 9 aromatic carbocycles. The third-order valence-electron chi connectivity index (χ3n) is 10.9. The molecule has 0 fully saturated rings. The molecule has 11 rings (SSSR count). The van der Waals surface area contributed by atoms with Gasteiger partial charge in [0.25, 0.3) is 0 Å². The second-order valence-electron chi connectivity index (χ2n) is 14.1. The van der Waals surface area contributed by atoms with E-state index in [4.69, 9.17) is 9.97 Å². The first kappa shape index (κ1) is 31.6. The van der Waals surface area contributed by atoms with E-state index < -0.39 is 0 Å². The van der Waals surface area contributed by atoms with E-state index in [1.54, 1.807) is 0 Å². The molecular weight excluding hydrogens is 685 g/mol. The summed E-state index contributed by atoms with van der Waals surface area (Å²) in [6.45, 7) is 0. The Morgan fingerprint density at radius 2 is 0.927 bits per heavy atom. The van der Waals surface area contributed by atoms with Crippen molar-refractivity contribution in [2.24, 2.45) is 0 Å². The van der Waals surface area contributed by atoms with Crippen LogP contribution in [0.3, 0.4) is 0 Å². The minimum absolute atomic E-state index is 0.714. The van der Waals surface area contributed by atoms with Crippen LogP contribution in [-0.4, -0.2) is 9.97 Å². The molecule has 0 aliphatic carbocycles. The van der Waals surface area contributed by atoms with Gasteiger partial charge in [-0.15, -0.1) is 11.3 Å². The molecule has 0 saturated carbocycles. The summed E-state index contributed by atoms with van der Waals surface area (Å²) in [5, 5.41) is 9.66. The van der Waals surface area contributed by atoms with Crippen LogP contribution in [-0.2, 0) is 0 Å². The Balaban J connectivity index is 1.17. The van der Waals surface area contributed by atoms with Crippen LogP contribution >= 0.6 is 11.3 Å². The Bertz CT molecular complexity index is 3250. The normalized spacial score (nSPS) is 11.6. The van der Waals surface area contributed by atoms with Gasteiger partial charge >= 0.3 is 0 Å². The number of thiophene rings is 1. The van der Waals surface area contributed by atoms with Gasteiger partial charge in [-0.2, -0.15) is 0 Å². The molecule has 0 radical (unpaired) electrons. The van der Waals surface area contributed by atoms with Crippen molar-refractivity contribution in [2.45, 2.75) is 0 Å². The Hall–Kier alpha value is -6.94. The second-order valence-corrected chi connectivity index (χ2v) is 15.2. The summed E-state index contributed by atoms with van der Waals surface area (Å²) in [4.78, 5) is 11.0. The van der Waals surface area contributed by atoms with Gasteiger partial charge in [-0.3, -0.25) is 0 Å². The molecule has 11 aromatic rings. The zero-order valence-electron chi connectivity index (χ0n) is 29.8. The van der Waals surface area contributed by atoms with Crippen LogP contribution in [0.25, 0.3) is 109 Å². The second kappa shape index (κ2) is 12.9. The van der Waals surface area contributed by atoms with Crippen molar-refractivity contribution in [1.82, 2.24) is 9.97 Å². The summed E-state index contributed by atoms with van der Waals surface area (Å²) in [5.74, 6) is 0.714. The Kier molecular flexibility index (Phi) is 7.39. The Morgan fingerprint density at radius 3 is 1.78 bits per heavy atom. The summed E-state index contributed by atoms with van der Waals surface area (Å²) < 4.78 is 2.60. The molecule has 0 N–H and O–H groups in total. The smallest absolute Gasteiger partial charge is 0.161 e. The molecule has 0 amide bonds. The minimum Gasteiger partial charge on any atom is -0.228 e. The standard InChI is InChI=1S/C52H32N2S/c1-2-12-33(13-3-1)34-22-24-36(25-23-34)47-32-48(42-19-9-8-17-40(42)38-27-29-50-46(31-38)43-20-10-11-21-49(43)55-50)54-52(53-47)51-41-18-7-5-15-37(41)30-45-39-16-6-4-14-35(39)26-28-44(45)51/h1-32H. The van der Waals surface area contributed by atoms with Gasteiger partial charge < -0.3 is 0 Å². The predicted octanol–water partition coefficient (Wildman–Crippen LogP) is 14.6. The van der Waals surface area contributed by atoms with Gasteiger partial charge in [0.15, 0.2) is 5.82 Å². The third-order valence-corrected chi connectivity index (χ3v) is 12.1. The van der Waals surface area contributed by atoms with Crippen molar-refractivity contribution >= 4 is 63.8 Å². The van der Waals surface area contributed by atoms with E-state index in [1.165, 1.54) is 58.4 Å². The van der Waals surface area contributed by atoms with E-state index in [9.17, 15) is 0 Å². The van der Waals surface area contributed by atoms with Gasteiger partial charge in [-0.05, 0) is 84.9 Å². The fraction of sp³-hybridized carbons (Fsp3) is 0. The molecule has 0 aliphatic heterocycles. The highest BCUT2D eigenvalue weighted by atomic mass is 32.1. The number of fused-ring (bicyclic) bond motifs is 7. The lowest BCUT2D eigenvalue weighted by Crippen LogP contribution is -1.98. The highest BCUT2D eigenvalue weighted by molar-refractivity contribution is 7.25. The van der Waals surface area contributed by atoms with E-state index >= 15 is 0 Å². The van der Waals surface area contributed by atoms with Crippen LogP contribution in [0.2, 0.25) is 0 Å². The molecule has 2 heterocycles. The summed E-state index contributed by atoms with van der Waals surface area (Å²) in [6.07, 6.45) is 0. The van der Waals surface area contributed by atoms with Gasteiger partial charge in [0.1, 0.15) is 0 Å². The summed E-state index contributed by atoms with van der Waals surface area (Å²) >= 11 is 1.85. The van der Waals surface area contributed by atoms with Crippen LogP contribution in [0.4, 0.5) is 0 Å². The van der Waals surface area contributed by atoms with Crippen molar-refractivity contribution in [3.8, 4) is 56.2 Å². The zero-order valence-corrected chi connectivity index (χ0v) is 30.6. The van der Waals surface area contributed by atoms with E-state index in [0.717, 1.165) is 44.4 Å². The summed E-state index contributed by atoms with van der Waals surface area (Å²) in [6, 6.07) is 69.8. The largest absolute Gasteiger partial charge is 0.228 e. The predicted molar refractivity (Wildman–Crippen MR) is 235 cm³/mol. The molecule has 0 spiro atoms. The number of rotatable bonds is 5. The van der Waals surface area contributed by atoms with Gasteiger partial charge in [-0.25, -0.2) is 9.97 Å². The zero-order chi connectivity index (χ0) is 36.3. The first-order valence-electron chi connectivity index (χ1n) is 18.6. The molecule has 0 bridgehead atoms. The molecule has 55 heavy (non-hydrogen) atoms. The van der Waals surface area contributed by atoms with Gasteiger partial charge in [0, 0.05) is 36.9 Å². The summed E-state index contributed by atoms with van der Waals surface area (Å²) in [7, 11) is 0. The van der Waals surface area contributed by atoms with Crippen molar-refractivity contribution in [3.05, 3.63) is 194 Å². The van der Waals surface area contributed by atoms with E-state index in [0.29, 0.717) is 5.82 Å². The quantitative estimate of drug-likeness (QED) is 0.131. The van der Waals surface area contributed by atoms with E-state index in [-0.39, 0.29) is 0 Å². The number of benzene rings is 9. The number of hydrogen-bond donors (Lipinski definition) is 0. The van der Waals surface area contributed by atoms with Gasteiger partial charge in [-0.1, -0.05) is 164 Å². The lowest BCUT2D eigenvalue weighted by Gasteiger charge is -2.16. The number of aromatic nitrogens is 2. The van der Waals surface area contributed by atoms with Crippen LogP contribution < -0.4 is 0 Å². The number of hydrogen-bond acceptors (Lipinski definition) is 3. The molecule has 2 aromatic heterocycles. The van der Waals surface area contributed by atoms with Crippen LogP contribution in [0, 0.1) is 0 Å². The highest BCUT2D eigenvalue weighted by Gasteiger charge is 2.19. The Labute approximate surface area is 322 Å². The van der Waals surface area contributed by atoms with Crippen molar-refractivity contribution < 1.29 is 0 Å². The topological polar surface area (TPSA) is 25.8 Å². The van der Waals surface area contributed by atoms with Crippen molar-refractivity contribution in [2.75, 3.05) is 0 Å². The van der Waals surface area contributed by atoms with Gasteiger partial charge in [0.2, 0.25) is 0 Å². The maximum atomic E-state index is 5.52. The third kappa shape index (κ3) is 5.40. The van der Waals surface area contributed by atoms with Crippen molar-refractivity contribution in [1.29, 1.82) is 0 Å². The number of nitrogens with zero attached hydrogens (tertiary/aromatic N) is 2. The van der Waals surface area contributed by atoms with Crippen molar-refractivity contribution in [3.63, 3.8) is 0 Å². The van der Waals surface area contributed by atoms with E-state index in [2.05, 4.69) is 194 Å². The molecule has 3 heteroatoms. The van der Waals surface area contributed by atoms with Crippen LogP contribution in [0.5, 0.6) is 0 Å². The SMILES string of the molecule is c1ccc(-c2ccc(-c3cc(-c4ccccc4-c4ccc5sc6ccccc6c5c4)nc(-c4c5ccccc5cc5c4ccc4ccccc45)n3)cc2)cc1. The fourth-order valence-corrected chi connectivity index (χ4v) is 9.31. The molecule has 2 nitrogen and oxygen atoms in total. The average molecular weight is 717 g/mol. The lowest BCUT2D eigenvalue weighted by molar-refractivity contribution is 1.19. The monoisotopic (exact) mass is 716 g/mol. The molecule has 0 unspecified atom stereocenters. The maximum Gasteiger partial charge on any atom is 0.161 e. The molecule has 0 atom stereocenters. The van der Waals surface area contributed by atoms with Crippen LogP contribution in [0.1, 0.15) is 0 Å². The molecule has 0 saturated heterocycles. The molecule has 0 aliphatic rings. The first-order chi connectivity index (χ1) is 27.2. The maximum absolute atomic E-state index is 5.52. The van der Waals surface area contributed by atoms with E-state index in [1.807, 2.05) is 11.3 Å². The van der Waals surface area contributed by atoms with Gasteiger partial charge in [0.05, 0.1) is 11.4 Å². The minimum atomic E-state index is 0.714. The molecule has 256 valence electrons. The fourth-order valence-electron chi connectivity index (χ4n) is 8.22. The Morgan fingerprint density at radius 1 is 0.309 bits per heavy atom.